The van der Waals surface area contributed by atoms with E-state index in [0.717, 1.165) is 0 Å². The van der Waals surface area contributed by atoms with E-state index in [1.807, 2.05) is 0 Å². The molecule has 1 saturated heterocycles. The third-order valence-corrected chi connectivity index (χ3v) is 4.08. The molecule has 1 fully saturated rings. The molecule has 2 rings (SSSR count). The largest absolute Gasteiger partial charge is 0.326 e. The van der Waals surface area contributed by atoms with Crippen molar-refractivity contribution in [2.45, 2.75) is 17.5 Å². The van der Waals surface area contributed by atoms with Crippen LogP contribution in [-0.2, 0) is 10.0 Å². The molecule has 3 N–H and O–H groups in total. The van der Waals surface area contributed by atoms with Crippen LogP contribution in [0.3, 0.4) is 0 Å². The van der Waals surface area contributed by atoms with Gasteiger partial charge in [-0.15, -0.1) is 0 Å². The first-order valence-electron chi connectivity index (χ1n) is 4.36. The molecule has 1 aliphatic heterocycles. The Labute approximate surface area is 82.1 Å². The highest BCUT2D eigenvalue weighted by Crippen LogP contribution is 2.17. The van der Waals surface area contributed by atoms with Crippen molar-refractivity contribution in [3.05, 3.63) is 12.3 Å². The first-order chi connectivity index (χ1) is 6.60. The highest BCUT2D eigenvalue weighted by molar-refractivity contribution is 7.89. The van der Waals surface area contributed by atoms with Gasteiger partial charge in [0.05, 0.1) is 6.20 Å². The van der Waals surface area contributed by atoms with Crippen LogP contribution in [0, 0.1) is 0 Å². The average molecular weight is 216 g/mol. The Morgan fingerprint density at radius 3 is 2.93 bits per heavy atom. The monoisotopic (exact) mass is 216 g/mol. The highest BCUT2D eigenvalue weighted by atomic mass is 32.2. The van der Waals surface area contributed by atoms with Crippen molar-refractivity contribution < 1.29 is 8.42 Å². The molecule has 6 nitrogen and oxygen atoms in total. The van der Waals surface area contributed by atoms with E-state index in [9.17, 15) is 8.42 Å². The first kappa shape index (κ1) is 9.63. The van der Waals surface area contributed by atoms with E-state index < -0.39 is 10.0 Å². The summed E-state index contributed by atoms with van der Waals surface area (Å²) >= 11 is 0. The molecule has 0 unspecified atom stereocenters. The van der Waals surface area contributed by atoms with Crippen molar-refractivity contribution in [1.82, 2.24) is 14.5 Å². The minimum absolute atomic E-state index is 0.0484. The van der Waals surface area contributed by atoms with Gasteiger partial charge < -0.3 is 5.73 Å². The van der Waals surface area contributed by atoms with Gasteiger partial charge in [-0.25, -0.2) is 8.42 Å². The molecule has 1 atom stereocenters. The third-order valence-electron chi connectivity index (χ3n) is 2.28. The zero-order valence-electron chi connectivity index (χ0n) is 7.55. The molecule has 1 aromatic heterocycles. The second kappa shape index (κ2) is 3.34. The van der Waals surface area contributed by atoms with Gasteiger partial charge in [-0.1, -0.05) is 0 Å². The number of rotatable bonds is 2. The zero-order valence-corrected chi connectivity index (χ0v) is 8.37. The standard InChI is InChI=1S/C7H12N4O2S/c8-6-2-4-11(5-6)14(12,13)7-1-3-9-10-7/h1,3,6H,2,4-5,8H2,(H,9,10)/t6-/m1/s1. The van der Waals surface area contributed by atoms with Crippen LogP contribution in [0.4, 0.5) is 0 Å². The van der Waals surface area contributed by atoms with Crippen LogP contribution in [0.5, 0.6) is 0 Å². The Balaban J connectivity index is 2.26. The molecule has 1 aliphatic rings. The number of nitrogens with one attached hydrogen (secondary N) is 1. The molecule has 0 saturated carbocycles. The fourth-order valence-electron chi connectivity index (χ4n) is 1.50. The molecule has 0 aliphatic carbocycles. The van der Waals surface area contributed by atoms with E-state index in [-0.39, 0.29) is 11.1 Å². The van der Waals surface area contributed by atoms with Crippen molar-refractivity contribution in [1.29, 1.82) is 0 Å². The maximum Gasteiger partial charge on any atom is 0.260 e. The minimum Gasteiger partial charge on any atom is -0.326 e. The van der Waals surface area contributed by atoms with Crippen molar-refractivity contribution in [3.63, 3.8) is 0 Å². The summed E-state index contributed by atoms with van der Waals surface area (Å²) in [6.07, 6.45) is 2.14. The van der Waals surface area contributed by atoms with Gasteiger partial charge in [0.25, 0.3) is 10.0 Å². The maximum atomic E-state index is 11.8. The number of aromatic amines is 1. The van der Waals surface area contributed by atoms with E-state index in [0.29, 0.717) is 19.5 Å². The SMILES string of the molecule is N[C@@H]1CCN(S(=O)(=O)c2ccn[nH]2)C1. The van der Waals surface area contributed by atoms with Gasteiger partial charge in [-0.05, 0) is 12.5 Å². The van der Waals surface area contributed by atoms with E-state index >= 15 is 0 Å². The van der Waals surface area contributed by atoms with Gasteiger partial charge in [-0.3, -0.25) is 5.10 Å². The Morgan fingerprint density at radius 2 is 2.43 bits per heavy atom. The molecule has 1 aromatic rings. The van der Waals surface area contributed by atoms with Crippen molar-refractivity contribution in [2.24, 2.45) is 5.73 Å². The molecule has 78 valence electrons. The third kappa shape index (κ3) is 1.54. The minimum atomic E-state index is -3.39. The summed E-state index contributed by atoms with van der Waals surface area (Å²) in [5.74, 6) is 0. The smallest absolute Gasteiger partial charge is 0.260 e. The normalized spacial score (nSPS) is 24.2. The summed E-state index contributed by atoms with van der Waals surface area (Å²) < 4.78 is 25.1. The Hall–Kier alpha value is -0.920. The van der Waals surface area contributed by atoms with Gasteiger partial charge >= 0.3 is 0 Å². The molecule has 7 heteroatoms. The predicted molar refractivity (Wildman–Crippen MR) is 49.9 cm³/mol. The van der Waals surface area contributed by atoms with Gasteiger partial charge in [0, 0.05) is 19.1 Å². The number of nitrogens with two attached hydrogens (primary N) is 1. The summed E-state index contributed by atoms with van der Waals surface area (Å²) in [5, 5.41) is 6.20. The van der Waals surface area contributed by atoms with Crippen LogP contribution in [0.1, 0.15) is 6.42 Å². The van der Waals surface area contributed by atoms with Crippen LogP contribution in [0.2, 0.25) is 0 Å². The summed E-state index contributed by atoms with van der Waals surface area (Å²) in [6.45, 7) is 0.879. The van der Waals surface area contributed by atoms with Crippen LogP contribution in [-0.4, -0.2) is 42.1 Å². The number of H-pyrrole nitrogens is 1. The highest BCUT2D eigenvalue weighted by Gasteiger charge is 2.31. The van der Waals surface area contributed by atoms with Crippen molar-refractivity contribution in [3.8, 4) is 0 Å². The number of hydrogen-bond donors (Lipinski definition) is 2. The summed E-state index contributed by atoms with van der Waals surface area (Å²) in [6, 6.07) is 1.40. The van der Waals surface area contributed by atoms with E-state index in [1.165, 1.54) is 16.6 Å². The molecule has 0 spiro atoms. The van der Waals surface area contributed by atoms with Crippen LogP contribution >= 0.6 is 0 Å². The van der Waals surface area contributed by atoms with E-state index in [4.69, 9.17) is 5.73 Å². The maximum absolute atomic E-state index is 11.8. The lowest BCUT2D eigenvalue weighted by Gasteiger charge is -2.13. The number of hydrogen-bond acceptors (Lipinski definition) is 4. The molecular formula is C7H12N4O2S. The molecule has 0 radical (unpaired) electrons. The van der Waals surface area contributed by atoms with Crippen LogP contribution in [0.25, 0.3) is 0 Å². The molecule has 14 heavy (non-hydrogen) atoms. The van der Waals surface area contributed by atoms with Crippen LogP contribution < -0.4 is 5.73 Å². The molecule has 0 amide bonds. The van der Waals surface area contributed by atoms with Gasteiger partial charge in [0.15, 0.2) is 5.03 Å². The van der Waals surface area contributed by atoms with Gasteiger partial charge in [-0.2, -0.15) is 9.40 Å². The lowest BCUT2D eigenvalue weighted by Crippen LogP contribution is -2.32. The van der Waals surface area contributed by atoms with Gasteiger partial charge in [0.1, 0.15) is 0 Å². The number of sulfonamides is 1. The topological polar surface area (TPSA) is 92.1 Å². The lowest BCUT2D eigenvalue weighted by molar-refractivity contribution is 0.469. The second-order valence-electron chi connectivity index (χ2n) is 3.33. The Kier molecular flexibility index (Phi) is 2.30. The quantitative estimate of drug-likeness (QED) is 0.672. The Bertz CT molecular complexity index is 399. The average Bonchev–Trinajstić information content (AvgIpc) is 2.72. The van der Waals surface area contributed by atoms with Crippen molar-refractivity contribution >= 4 is 10.0 Å². The summed E-state index contributed by atoms with van der Waals surface area (Å²) in [5.41, 5.74) is 5.64. The summed E-state index contributed by atoms with van der Waals surface area (Å²) in [7, 11) is -3.39. The van der Waals surface area contributed by atoms with Gasteiger partial charge in [0.2, 0.25) is 0 Å². The fourth-order valence-corrected chi connectivity index (χ4v) is 2.91. The molecule has 2 heterocycles. The summed E-state index contributed by atoms with van der Waals surface area (Å²) in [4.78, 5) is 0. The van der Waals surface area contributed by atoms with E-state index in [2.05, 4.69) is 10.2 Å². The lowest BCUT2D eigenvalue weighted by atomic mass is 10.3. The second-order valence-corrected chi connectivity index (χ2v) is 5.24. The Morgan fingerprint density at radius 1 is 1.64 bits per heavy atom. The molecule has 0 bridgehead atoms. The number of nitrogens with zero attached hydrogens (tertiary/aromatic N) is 2. The zero-order chi connectivity index (χ0) is 10.2. The predicted octanol–water partition coefficient (Wildman–Crippen LogP) is -0.869. The molecule has 0 aromatic carbocycles. The van der Waals surface area contributed by atoms with E-state index in [1.54, 1.807) is 0 Å². The fraction of sp³-hybridized carbons (Fsp3) is 0.571. The van der Waals surface area contributed by atoms with Crippen LogP contribution in [0.15, 0.2) is 17.3 Å². The molecular weight excluding hydrogens is 204 g/mol. The number of aromatic nitrogens is 2. The first-order valence-corrected chi connectivity index (χ1v) is 5.80. The van der Waals surface area contributed by atoms with Crippen molar-refractivity contribution in [2.75, 3.05) is 13.1 Å².